The number of hydrogen-bond acceptors (Lipinski definition) is 4. The summed E-state index contributed by atoms with van der Waals surface area (Å²) in [5, 5.41) is 8.51. The minimum Gasteiger partial charge on any atom is -0.481 e. The van der Waals surface area contributed by atoms with Gasteiger partial charge in [-0.3, -0.25) is 4.79 Å². The van der Waals surface area contributed by atoms with Gasteiger partial charge >= 0.3 is 5.97 Å². The predicted molar refractivity (Wildman–Crippen MR) is 71.8 cm³/mol. The number of aromatic nitrogens is 1. The summed E-state index contributed by atoms with van der Waals surface area (Å²) in [5.41, 5.74) is 1.05. The monoisotopic (exact) mass is 267 g/mol. The van der Waals surface area contributed by atoms with E-state index in [2.05, 4.69) is 11.1 Å². The van der Waals surface area contributed by atoms with Crippen LogP contribution in [0.5, 0.6) is 0 Å². The fourth-order valence-corrected chi connectivity index (χ4v) is 3.59. The molecule has 2 rings (SSSR count). The standard InChI is InChI=1S/C12H13NO2S2/c14-11(15)7-3-4-8-16-12-13-9-5-1-2-6-10(9)17-12/h1-2,5-6H,3-4,7-8H2,(H,14,15). The van der Waals surface area contributed by atoms with Crippen LogP contribution in [0, 0.1) is 0 Å². The zero-order valence-corrected chi connectivity index (χ0v) is 10.9. The van der Waals surface area contributed by atoms with E-state index in [9.17, 15) is 4.79 Å². The van der Waals surface area contributed by atoms with Crippen molar-refractivity contribution in [3.8, 4) is 0 Å². The van der Waals surface area contributed by atoms with Crippen LogP contribution in [0.2, 0.25) is 0 Å². The molecular weight excluding hydrogens is 254 g/mol. The van der Waals surface area contributed by atoms with Crippen LogP contribution in [-0.4, -0.2) is 21.8 Å². The van der Waals surface area contributed by atoms with E-state index in [0.717, 1.165) is 28.5 Å². The normalized spacial score (nSPS) is 10.8. The number of carbonyl (C=O) groups is 1. The number of carboxylic acids is 1. The van der Waals surface area contributed by atoms with Crippen molar-refractivity contribution >= 4 is 39.3 Å². The van der Waals surface area contributed by atoms with Crippen molar-refractivity contribution in [1.82, 2.24) is 4.98 Å². The summed E-state index contributed by atoms with van der Waals surface area (Å²) < 4.78 is 2.28. The minimum atomic E-state index is -0.713. The van der Waals surface area contributed by atoms with Gasteiger partial charge in [0.1, 0.15) is 0 Å². The molecule has 0 saturated heterocycles. The Morgan fingerprint density at radius 3 is 2.94 bits per heavy atom. The zero-order valence-electron chi connectivity index (χ0n) is 9.26. The van der Waals surface area contributed by atoms with Gasteiger partial charge in [0.25, 0.3) is 0 Å². The molecule has 3 nitrogen and oxygen atoms in total. The number of unbranched alkanes of at least 4 members (excludes halogenated alkanes) is 1. The van der Waals surface area contributed by atoms with Crippen molar-refractivity contribution < 1.29 is 9.90 Å². The molecule has 17 heavy (non-hydrogen) atoms. The lowest BCUT2D eigenvalue weighted by Gasteiger charge is -1.95. The molecule has 2 aromatic rings. The molecule has 90 valence electrons. The summed E-state index contributed by atoms with van der Waals surface area (Å²) in [7, 11) is 0. The number of thioether (sulfide) groups is 1. The van der Waals surface area contributed by atoms with Crippen molar-refractivity contribution in [2.75, 3.05) is 5.75 Å². The van der Waals surface area contributed by atoms with Crippen LogP contribution in [0.25, 0.3) is 10.2 Å². The molecule has 0 fully saturated rings. The Hall–Kier alpha value is -1.07. The smallest absolute Gasteiger partial charge is 0.303 e. The summed E-state index contributed by atoms with van der Waals surface area (Å²) in [6.07, 6.45) is 1.93. The molecule has 0 aliphatic carbocycles. The molecule has 0 atom stereocenters. The van der Waals surface area contributed by atoms with Gasteiger partial charge in [-0.1, -0.05) is 23.9 Å². The predicted octanol–water partition coefficient (Wildman–Crippen LogP) is 3.64. The minimum absolute atomic E-state index is 0.264. The molecule has 0 saturated carbocycles. The van der Waals surface area contributed by atoms with E-state index in [1.54, 1.807) is 23.1 Å². The second-order valence-electron chi connectivity index (χ2n) is 3.65. The summed E-state index contributed by atoms with van der Waals surface area (Å²) in [5.74, 6) is 0.225. The first-order chi connectivity index (χ1) is 8.25. The van der Waals surface area contributed by atoms with E-state index in [1.807, 2.05) is 18.2 Å². The Balaban J connectivity index is 1.81. The number of rotatable bonds is 6. The van der Waals surface area contributed by atoms with E-state index in [0.29, 0.717) is 0 Å². The fraction of sp³-hybridized carbons (Fsp3) is 0.333. The number of fused-ring (bicyclic) bond motifs is 1. The van der Waals surface area contributed by atoms with Crippen molar-refractivity contribution in [3.63, 3.8) is 0 Å². The second-order valence-corrected chi connectivity index (χ2v) is 6.02. The molecule has 0 spiro atoms. The number of aliphatic carboxylic acids is 1. The Morgan fingerprint density at radius 1 is 1.35 bits per heavy atom. The Labute approximate surface area is 108 Å². The summed E-state index contributed by atoms with van der Waals surface area (Å²) in [4.78, 5) is 14.8. The summed E-state index contributed by atoms with van der Waals surface area (Å²) >= 11 is 3.41. The molecule has 0 bridgehead atoms. The van der Waals surface area contributed by atoms with Crippen LogP contribution in [-0.2, 0) is 4.79 Å². The van der Waals surface area contributed by atoms with Gasteiger partial charge in [-0.25, -0.2) is 4.98 Å². The van der Waals surface area contributed by atoms with E-state index < -0.39 is 5.97 Å². The lowest BCUT2D eigenvalue weighted by molar-refractivity contribution is -0.137. The highest BCUT2D eigenvalue weighted by Gasteiger charge is 2.03. The Kier molecular flexibility index (Phi) is 4.39. The Bertz CT molecular complexity index is 477. The van der Waals surface area contributed by atoms with Gasteiger partial charge in [0, 0.05) is 12.2 Å². The maximum atomic E-state index is 10.3. The number of benzene rings is 1. The fourth-order valence-electron chi connectivity index (χ4n) is 1.45. The SMILES string of the molecule is O=C(O)CCCCSc1nc2ccccc2s1. The van der Waals surface area contributed by atoms with Crippen molar-refractivity contribution in [2.24, 2.45) is 0 Å². The van der Waals surface area contributed by atoms with E-state index in [-0.39, 0.29) is 6.42 Å². The highest BCUT2D eigenvalue weighted by atomic mass is 32.2. The first-order valence-electron chi connectivity index (χ1n) is 5.46. The largest absolute Gasteiger partial charge is 0.481 e. The second kappa shape index (κ2) is 6.02. The molecule has 1 aromatic heterocycles. The molecule has 0 amide bonds. The van der Waals surface area contributed by atoms with Gasteiger partial charge in [0.05, 0.1) is 10.2 Å². The van der Waals surface area contributed by atoms with Crippen molar-refractivity contribution in [2.45, 2.75) is 23.6 Å². The van der Waals surface area contributed by atoms with Crippen LogP contribution >= 0.6 is 23.1 Å². The van der Waals surface area contributed by atoms with Crippen LogP contribution in [0.4, 0.5) is 0 Å². The van der Waals surface area contributed by atoms with Gasteiger partial charge in [-0.2, -0.15) is 0 Å². The van der Waals surface area contributed by atoms with Gasteiger partial charge < -0.3 is 5.11 Å². The number of nitrogens with zero attached hydrogens (tertiary/aromatic N) is 1. The molecule has 0 aliphatic heterocycles. The topological polar surface area (TPSA) is 50.2 Å². The third kappa shape index (κ3) is 3.71. The third-order valence-corrected chi connectivity index (χ3v) is 4.55. The molecule has 1 N–H and O–H groups in total. The molecule has 0 aliphatic rings. The quantitative estimate of drug-likeness (QED) is 0.641. The maximum Gasteiger partial charge on any atom is 0.303 e. The average molecular weight is 267 g/mol. The zero-order chi connectivity index (χ0) is 12.1. The number of thiazole rings is 1. The summed E-state index contributed by atoms with van der Waals surface area (Å²) in [6.45, 7) is 0. The molecule has 0 unspecified atom stereocenters. The molecule has 0 radical (unpaired) electrons. The lowest BCUT2D eigenvalue weighted by atomic mass is 10.3. The number of carboxylic acid groups (broad SMARTS) is 1. The summed E-state index contributed by atoms with van der Waals surface area (Å²) in [6, 6.07) is 8.09. The molecular formula is C12H13NO2S2. The Morgan fingerprint density at radius 2 is 2.18 bits per heavy atom. The highest BCUT2D eigenvalue weighted by Crippen LogP contribution is 2.29. The van der Waals surface area contributed by atoms with E-state index >= 15 is 0 Å². The van der Waals surface area contributed by atoms with Crippen molar-refractivity contribution in [1.29, 1.82) is 0 Å². The van der Waals surface area contributed by atoms with Gasteiger partial charge in [0.15, 0.2) is 4.34 Å². The number of hydrogen-bond donors (Lipinski definition) is 1. The van der Waals surface area contributed by atoms with Gasteiger partial charge in [-0.15, -0.1) is 11.3 Å². The third-order valence-electron chi connectivity index (χ3n) is 2.28. The van der Waals surface area contributed by atoms with Crippen LogP contribution in [0.3, 0.4) is 0 Å². The van der Waals surface area contributed by atoms with E-state index in [4.69, 9.17) is 5.11 Å². The van der Waals surface area contributed by atoms with Gasteiger partial charge in [-0.05, 0) is 25.0 Å². The van der Waals surface area contributed by atoms with Gasteiger partial charge in [0.2, 0.25) is 0 Å². The maximum absolute atomic E-state index is 10.3. The number of para-hydroxylation sites is 1. The average Bonchev–Trinajstić information content (AvgIpc) is 2.70. The van der Waals surface area contributed by atoms with Crippen LogP contribution in [0.15, 0.2) is 28.6 Å². The first-order valence-corrected chi connectivity index (χ1v) is 7.26. The van der Waals surface area contributed by atoms with E-state index in [1.165, 1.54) is 4.70 Å². The van der Waals surface area contributed by atoms with Crippen LogP contribution in [0.1, 0.15) is 19.3 Å². The van der Waals surface area contributed by atoms with Crippen molar-refractivity contribution in [3.05, 3.63) is 24.3 Å². The molecule has 1 aromatic carbocycles. The van der Waals surface area contributed by atoms with Crippen LogP contribution < -0.4 is 0 Å². The molecule has 1 heterocycles. The lowest BCUT2D eigenvalue weighted by Crippen LogP contribution is -1.94. The molecule has 5 heteroatoms. The first kappa shape index (κ1) is 12.4. The highest BCUT2D eigenvalue weighted by molar-refractivity contribution is 8.01.